The molecule has 0 fully saturated rings. The Morgan fingerprint density at radius 2 is 1.83 bits per heavy atom. The summed E-state index contributed by atoms with van der Waals surface area (Å²) < 4.78 is 21.6. The van der Waals surface area contributed by atoms with Crippen LogP contribution in [-0.2, 0) is 0 Å². The van der Waals surface area contributed by atoms with Gasteiger partial charge in [0.25, 0.3) is 6.43 Å². The van der Waals surface area contributed by atoms with Gasteiger partial charge >= 0.3 is 0 Å². The van der Waals surface area contributed by atoms with Crippen LogP contribution < -0.4 is 0 Å². The van der Waals surface area contributed by atoms with Gasteiger partial charge in [0.2, 0.25) is 0 Å². The standard InChI is InChI=1S/C3H4F2O/c1-2(6)3(4)5/h3,6H,1H2. The minimum Gasteiger partial charge on any atom is -0.507 e. The molecule has 0 amide bonds. The van der Waals surface area contributed by atoms with Crippen molar-refractivity contribution in [2.45, 2.75) is 6.43 Å². The van der Waals surface area contributed by atoms with Crippen LogP contribution in [-0.4, -0.2) is 11.5 Å². The summed E-state index contributed by atoms with van der Waals surface area (Å²) in [6, 6.07) is 0. The molecular formula is C3H4F2O. The number of aliphatic hydroxyl groups is 1. The van der Waals surface area contributed by atoms with Crippen molar-refractivity contribution in [2.75, 3.05) is 0 Å². The molecule has 1 nitrogen and oxygen atoms in total. The van der Waals surface area contributed by atoms with E-state index in [1.54, 1.807) is 0 Å². The zero-order valence-corrected chi connectivity index (χ0v) is 2.99. The molecule has 0 heterocycles. The van der Waals surface area contributed by atoms with Crippen LogP contribution in [0.2, 0.25) is 0 Å². The van der Waals surface area contributed by atoms with Crippen molar-refractivity contribution in [1.82, 2.24) is 0 Å². The highest BCUT2D eigenvalue weighted by atomic mass is 19.3. The van der Waals surface area contributed by atoms with E-state index in [1.807, 2.05) is 0 Å². The van der Waals surface area contributed by atoms with E-state index in [0.717, 1.165) is 0 Å². The maximum Gasteiger partial charge on any atom is 0.293 e. The molecule has 0 aliphatic carbocycles. The quantitative estimate of drug-likeness (QED) is 0.486. The predicted molar refractivity (Wildman–Crippen MR) is 17.8 cm³/mol. The van der Waals surface area contributed by atoms with Crippen LogP contribution in [0.5, 0.6) is 0 Å². The van der Waals surface area contributed by atoms with Crippen molar-refractivity contribution in [1.29, 1.82) is 0 Å². The molecule has 3 heteroatoms. The summed E-state index contributed by atoms with van der Waals surface area (Å²) in [4.78, 5) is 0. The second-order valence-corrected chi connectivity index (χ2v) is 0.792. The first-order valence-corrected chi connectivity index (χ1v) is 1.30. The normalized spacial score (nSPS) is 9.17. The Morgan fingerprint density at radius 3 is 1.83 bits per heavy atom. The third-order valence-corrected chi connectivity index (χ3v) is 0.252. The van der Waals surface area contributed by atoms with Gasteiger partial charge in [0.1, 0.15) is 0 Å². The van der Waals surface area contributed by atoms with Crippen molar-refractivity contribution < 1.29 is 13.9 Å². The van der Waals surface area contributed by atoms with Crippen molar-refractivity contribution in [3.05, 3.63) is 12.3 Å². The average Bonchev–Trinajstić information content (AvgIpc) is 1.36. The molecule has 0 unspecified atom stereocenters. The van der Waals surface area contributed by atoms with E-state index in [0.29, 0.717) is 0 Å². The van der Waals surface area contributed by atoms with Crippen LogP contribution in [0.25, 0.3) is 0 Å². The monoisotopic (exact) mass is 94.0 g/mol. The fourth-order valence-electron chi connectivity index (χ4n) is 0. The van der Waals surface area contributed by atoms with Gasteiger partial charge < -0.3 is 5.11 Å². The lowest BCUT2D eigenvalue weighted by atomic mass is 10.6. The van der Waals surface area contributed by atoms with E-state index < -0.39 is 12.2 Å². The van der Waals surface area contributed by atoms with Gasteiger partial charge in [-0.3, -0.25) is 0 Å². The Bertz CT molecular complexity index is 59.8. The van der Waals surface area contributed by atoms with Gasteiger partial charge in [-0.05, 0) is 0 Å². The summed E-state index contributed by atoms with van der Waals surface area (Å²) in [6.45, 7) is 2.56. The molecule has 0 aliphatic rings. The highest BCUT2D eigenvalue weighted by Gasteiger charge is 2.02. The molecule has 0 aliphatic heterocycles. The molecule has 0 atom stereocenters. The molecule has 0 aromatic rings. The van der Waals surface area contributed by atoms with Crippen LogP contribution in [0.3, 0.4) is 0 Å². The fraction of sp³-hybridized carbons (Fsp3) is 0.333. The van der Waals surface area contributed by atoms with Gasteiger partial charge in [-0.1, -0.05) is 6.58 Å². The van der Waals surface area contributed by atoms with Crippen molar-refractivity contribution in [3.8, 4) is 0 Å². The average molecular weight is 94.1 g/mol. The smallest absolute Gasteiger partial charge is 0.293 e. The van der Waals surface area contributed by atoms with Crippen molar-refractivity contribution >= 4 is 0 Å². The van der Waals surface area contributed by atoms with Crippen molar-refractivity contribution in [2.24, 2.45) is 0 Å². The van der Waals surface area contributed by atoms with E-state index in [-0.39, 0.29) is 0 Å². The molecule has 0 saturated carbocycles. The first-order valence-electron chi connectivity index (χ1n) is 1.30. The van der Waals surface area contributed by atoms with Crippen LogP contribution in [0.4, 0.5) is 8.78 Å². The maximum absolute atomic E-state index is 10.8. The first kappa shape index (κ1) is 5.40. The predicted octanol–water partition coefficient (Wildman–Crippen LogP) is 1.32. The van der Waals surface area contributed by atoms with Crippen LogP contribution >= 0.6 is 0 Å². The van der Waals surface area contributed by atoms with Gasteiger partial charge in [-0.25, -0.2) is 8.78 Å². The van der Waals surface area contributed by atoms with Crippen LogP contribution in [0.15, 0.2) is 12.3 Å². The Kier molecular flexibility index (Phi) is 1.57. The highest BCUT2D eigenvalue weighted by molar-refractivity contribution is 4.81. The van der Waals surface area contributed by atoms with E-state index in [2.05, 4.69) is 6.58 Å². The zero-order valence-electron chi connectivity index (χ0n) is 2.99. The molecular weight excluding hydrogens is 90.0 g/mol. The topological polar surface area (TPSA) is 20.2 Å². The van der Waals surface area contributed by atoms with Gasteiger partial charge in [0.15, 0.2) is 5.76 Å². The molecule has 0 aromatic heterocycles. The second kappa shape index (κ2) is 1.74. The summed E-state index contributed by atoms with van der Waals surface area (Å²) in [5, 5.41) is 7.69. The SMILES string of the molecule is C=C(O)C(F)F. The molecule has 0 saturated heterocycles. The van der Waals surface area contributed by atoms with Gasteiger partial charge in [-0.15, -0.1) is 0 Å². The number of halogens is 2. The van der Waals surface area contributed by atoms with Gasteiger partial charge in [0, 0.05) is 0 Å². The summed E-state index contributed by atoms with van der Waals surface area (Å²) >= 11 is 0. The Hall–Kier alpha value is -0.600. The largest absolute Gasteiger partial charge is 0.507 e. The third kappa shape index (κ3) is 1.69. The number of hydrogen-bond acceptors (Lipinski definition) is 1. The summed E-state index contributed by atoms with van der Waals surface area (Å²) in [5.41, 5.74) is 0. The lowest BCUT2D eigenvalue weighted by Crippen LogP contribution is -1.90. The zero-order chi connectivity index (χ0) is 5.15. The molecule has 0 rings (SSSR count). The highest BCUT2D eigenvalue weighted by Crippen LogP contribution is 1.98. The molecule has 0 spiro atoms. The van der Waals surface area contributed by atoms with Gasteiger partial charge in [0.05, 0.1) is 0 Å². The van der Waals surface area contributed by atoms with E-state index in [9.17, 15) is 8.78 Å². The first-order chi connectivity index (χ1) is 2.64. The lowest BCUT2D eigenvalue weighted by molar-refractivity contribution is 0.130. The van der Waals surface area contributed by atoms with Crippen LogP contribution in [0, 0.1) is 0 Å². The van der Waals surface area contributed by atoms with Gasteiger partial charge in [-0.2, -0.15) is 0 Å². The molecule has 1 N–H and O–H groups in total. The minimum absolute atomic E-state index is 1.07. The summed E-state index contributed by atoms with van der Waals surface area (Å²) in [6.07, 6.45) is -2.79. The number of aliphatic hydroxyl groups excluding tert-OH is 1. The molecule has 0 radical (unpaired) electrons. The third-order valence-electron chi connectivity index (χ3n) is 0.252. The number of rotatable bonds is 1. The van der Waals surface area contributed by atoms with E-state index in [1.165, 1.54) is 0 Å². The molecule has 0 bridgehead atoms. The number of allylic oxidation sites excluding steroid dienone is 1. The molecule has 0 aromatic carbocycles. The number of alkyl halides is 2. The van der Waals surface area contributed by atoms with E-state index >= 15 is 0 Å². The summed E-state index contributed by atoms with van der Waals surface area (Å²) in [7, 11) is 0. The lowest BCUT2D eigenvalue weighted by Gasteiger charge is -1.88. The molecule has 36 valence electrons. The second-order valence-electron chi connectivity index (χ2n) is 0.792. The Labute approximate surface area is 33.9 Å². The Morgan fingerprint density at radius 1 is 1.67 bits per heavy atom. The van der Waals surface area contributed by atoms with Crippen molar-refractivity contribution in [3.63, 3.8) is 0 Å². The summed E-state index contributed by atoms with van der Waals surface area (Å²) in [5.74, 6) is -1.07. The van der Waals surface area contributed by atoms with Crippen LogP contribution in [0.1, 0.15) is 0 Å². The molecule has 6 heavy (non-hydrogen) atoms. The number of hydrogen-bond donors (Lipinski definition) is 1. The minimum atomic E-state index is -2.79. The van der Waals surface area contributed by atoms with E-state index in [4.69, 9.17) is 5.11 Å². The maximum atomic E-state index is 10.8. The Balaban J connectivity index is 3.26. The fourth-order valence-corrected chi connectivity index (χ4v) is 0.